The number of nitrogens with zero attached hydrogens (tertiary/aromatic N) is 1. The fraction of sp³-hybridized carbons (Fsp3) is 0.158. The zero-order valence-electron chi connectivity index (χ0n) is 13.7. The van der Waals surface area contributed by atoms with E-state index in [1.54, 1.807) is 31.3 Å². The first-order valence-electron chi connectivity index (χ1n) is 7.82. The molecular weight excluding hydrogens is 347 g/mol. The van der Waals surface area contributed by atoms with Gasteiger partial charge in [0.1, 0.15) is 0 Å². The Bertz CT molecular complexity index is 972. The number of ketones is 1. The van der Waals surface area contributed by atoms with Crippen molar-refractivity contribution in [2.75, 3.05) is 6.61 Å². The number of esters is 1. The van der Waals surface area contributed by atoms with Crippen LogP contribution in [0.1, 0.15) is 38.9 Å². The summed E-state index contributed by atoms with van der Waals surface area (Å²) in [5, 5.41) is 0. The van der Waals surface area contributed by atoms with E-state index < -0.39 is 23.5 Å². The molecule has 0 amide bonds. The van der Waals surface area contributed by atoms with Crippen LogP contribution in [0.25, 0.3) is 5.52 Å². The van der Waals surface area contributed by atoms with Crippen LogP contribution in [0.15, 0.2) is 54.7 Å². The van der Waals surface area contributed by atoms with Crippen molar-refractivity contribution in [3.05, 3.63) is 77.1 Å². The molecular formula is C19H14F3NO3. The molecule has 7 heteroatoms. The molecule has 0 aliphatic carbocycles. The molecule has 0 bridgehead atoms. The number of fused-ring (bicyclic) bond motifs is 1. The lowest BCUT2D eigenvalue weighted by Gasteiger charge is -2.07. The number of pyridine rings is 1. The molecule has 0 atom stereocenters. The largest absolute Gasteiger partial charge is 0.462 e. The Morgan fingerprint density at radius 1 is 1.08 bits per heavy atom. The molecule has 0 saturated carbocycles. The number of carbonyl (C=O) groups excluding carboxylic acids is 2. The number of alkyl halides is 3. The first-order chi connectivity index (χ1) is 12.3. The molecule has 0 aliphatic rings. The number of hydrogen-bond acceptors (Lipinski definition) is 3. The highest BCUT2D eigenvalue weighted by Gasteiger charge is 2.30. The average molecular weight is 361 g/mol. The number of rotatable bonds is 4. The molecule has 134 valence electrons. The minimum absolute atomic E-state index is 0.0941. The summed E-state index contributed by atoms with van der Waals surface area (Å²) >= 11 is 0. The van der Waals surface area contributed by atoms with Gasteiger partial charge in [-0.3, -0.25) is 4.79 Å². The molecule has 2 aromatic heterocycles. The summed E-state index contributed by atoms with van der Waals surface area (Å²) in [5.41, 5.74) is 0.144. The van der Waals surface area contributed by atoms with Crippen molar-refractivity contribution in [2.45, 2.75) is 13.1 Å². The number of aromatic nitrogens is 1. The number of ether oxygens (including phenoxy) is 1. The van der Waals surface area contributed by atoms with E-state index in [-0.39, 0.29) is 23.4 Å². The van der Waals surface area contributed by atoms with Crippen LogP contribution in [0.5, 0.6) is 0 Å². The van der Waals surface area contributed by atoms with Crippen molar-refractivity contribution in [3.63, 3.8) is 0 Å². The Hall–Kier alpha value is -3.09. The van der Waals surface area contributed by atoms with Gasteiger partial charge in [0, 0.05) is 11.8 Å². The molecule has 0 unspecified atom stereocenters. The fourth-order valence-corrected chi connectivity index (χ4v) is 2.66. The molecule has 0 fully saturated rings. The summed E-state index contributed by atoms with van der Waals surface area (Å²) in [6.07, 6.45) is -2.87. The lowest BCUT2D eigenvalue weighted by molar-refractivity contribution is -0.137. The number of benzene rings is 1. The van der Waals surface area contributed by atoms with Gasteiger partial charge >= 0.3 is 12.1 Å². The molecule has 2 heterocycles. The van der Waals surface area contributed by atoms with Gasteiger partial charge in [0.05, 0.1) is 28.9 Å². The molecule has 3 aromatic rings. The molecule has 0 N–H and O–H groups in total. The van der Waals surface area contributed by atoms with Gasteiger partial charge in [-0.15, -0.1) is 0 Å². The van der Waals surface area contributed by atoms with Crippen LogP contribution in [0.3, 0.4) is 0 Å². The fourth-order valence-electron chi connectivity index (χ4n) is 2.66. The molecule has 4 nitrogen and oxygen atoms in total. The second-order valence-electron chi connectivity index (χ2n) is 5.52. The summed E-state index contributed by atoms with van der Waals surface area (Å²) in [7, 11) is 0. The predicted molar refractivity (Wildman–Crippen MR) is 88.2 cm³/mol. The van der Waals surface area contributed by atoms with E-state index in [0.29, 0.717) is 5.52 Å². The smallest absolute Gasteiger partial charge is 0.416 e. The van der Waals surface area contributed by atoms with Crippen LogP contribution in [-0.2, 0) is 10.9 Å². The highest BCUT2D eigenvalue weighted by Crippen LogP contribution is 2.29. The molecule has 1 aromatic carbocycles. The van der Waals surface area contributed by atoms with Gasteiger partial charge in [-0.1, -0.05) is 18.2 Å². The van der Waals surface area contributed by atoms with E-state index in [1.807, 2.05) is 0 Å². The second kappa shape index (κ2) is 6.67. The molecule has 0 radical (unpaired) electrons. The maximum atomic E-state index is 12.8. The van der Waals surface area contributed by atoms with Crippen LogP contribution in [0.4, 0.5) is 13.2 Å². The van der Waals surface area contributed by atoms with Crippen LogP contribution >= 0.6 is 0 Å². The zero-order valence-corrected chi connectivity index (χ0v) is 13.7. The lowest BCUT2D eigenvalue weighted by Crippen LogP contribution is -2.08. The molecule has 3 rings (SSSR count). The molecule has 26 heavy (non-hydrogen) atoms. The molecule has 0 aliphatic heterocycles. The van der Waals surface area contributed by atoms with E-state index in [0.717, 1.165) is 24.3 Å². The van der Waals surface area contributed by atoms with Gasteiger partial charge in [-0.2, -0.15) is 13.2 Å². The average Bonchev–Trinajstić information content (AvgIpc) is 3.00. The minimum Gasteiger partial charge on any atom is -0.462 e. The Morgan fingerprint density at radius 2 is 1.77 bits per heavy atom. The van der Waals surface area contributed by atoms with Crippen molar-refractivity contribution in [3.8, 4) is 0 Å². The third-order valence-electron chi connectivity index (χ3n) is 3.88. The minimum atomic E-state index is -4.47. The summed E-state index contributed by atoms with van der Waals surface area (Å²) in [6.45, 7) is 1.86. The van der Waals surface area contributed by atoms with Crippen LogP contribution in [0, 0.1) is 0 Å². The topological polar surface area (TPSA) is 47.8 Å². The Labute approximate surface area is 146 Å². The van der Waals surface area contributed by atoms with Gasteiger partial charge in [-0.25, -0.2) is 4.79 Å². The second-order valence-corrected chi connectivity index (χ2v) is 5.52. The highest BCUT2D eigenvalue weighted by atomic mass is 19.4. The quantitative estimate of drug-likeness (QED) is 0.512. The Kier molecular flexibility index (Phi) is 4.54. The van der Waals surface area contributed by atoms with E-state index in [2.05, 4.69) is 0 Å². The van der Waals surface area contributed by atoms with Crippen LogP contribution in [0.2, 0.25) is 0 Å². The Balaban J connectivity index is 2.05. The number of halogens is 3. The monoisotopic (exact) mass is 361 g/mol. The van der Waals surface area contributed by atoms with Crippen molar-refractivity contribution in [1.29, 1.82) is 0 Å². The molecule has 0 spiro atoms. The van der Waals surface area contributed by atoms with Gasteiger partial charge in [-0.05, 0) is 37.3 Å². The van der Waals surface area contributed by atoms with E-state index in [1.165, 1.54) is 10.5 Å². The maximum Gasteiger partial charge on any atom is 0.416 e. The van der Waals surface area contributed by atoms with Crippen molar-refractivity contribution in [1.82, 2.24) is 4.40 Å². The first kappa shape index (κ1) is 17.7. The third kappa shape index (κ3) is 3.20. The van der Waals surface area contributed by atoms with Gasteiger partial charge in [0.25, 0.3) is 0 Å². The summed E-state index contributed by atoms with van der Waals surface area (Å²) < 4.78 is 44.5. The first-order valence-corrected chi connectivity index (χ1v) is 7.82. The zero-order chi connectivity index (χ0) is 18.9. The standard InChI is InChI=1S/C19H14F3NO3/c1-2-26-18(25)14-11-16(23-10-4-3-5-15(14)23)17(24)12-6-8-13(9-7-12)19(20,21)22/h3-11H,2H2,1H3. The number of hydrogen-bond donors (Lipinski definition) is 0. The van der Waals surface area contributed by atoms with E-state index in [9.17, 15) is 22.8 Å². The van der Waals surface area contributed by atoms with Gasteiger partial charge in [0.15, 0.2) is 0 Å². The van der Waals surface area contributed by atoms with Crippen molar-refractivity contribution in [2.24, 2.45) is 0 Å². The van der Waals surface area contributed by atoms with Crippen LogP contribution in [-0.4, -0.2) is 22.8 Å². The normalized spacial score (nSPS) is 11.5. The summed E-state index contributed by atoms with van der Waals surface area (Å²) in [6, 6.07) is 10.4. The van der Waals surface area contributed by atoms with Gasteiger partial charge in [0.2, 0.25) is 5.78 Å². The lowest BCUT2D eigenvalue weighted by atomic mass is 10.1. The van der Waals surface area contributed by atoms with E-state index >= 15 is 0 Å². The Morgan fingerprint density at radius 3 is 2.38 bits per heavy atom. The van der Waals surface area contributed by atoms with Crippen molar-refractivity contribution >= 4 is 17.3 Å². The SMILES string of the molecule is CCOC(=O)c1cc(C(=O)c2ccc(C(F)(F)F)cc2)n2ccccc12. The number of carbonyl (C=O) groups is 2. The third-order valence-corrected chi connectivity index (χ3v) is 3.88. The van der Waals surface area contributed by atoms with Crippen molar-refractivity contribution < 1.29 is 27.5 Å². The maximum absolute atomic E-state index is 12.8. The van der Waals surface area contributed by atoms with E-state index in [4.69, 9.17) is 4.74 Å². The summed E-state index contributed by atoms with van der Waals surface area (Å²) in [5.74, 6) is -1.06. The predicted octanol–water partition coefficient (Wildman–Crippen LogP) is 4.37. The van der Waals surface area contributed by atoms with Gasteiger partial charge < -0.3 is 9.14 Å². The highest BCUT2D eigenvalue weighted by molar-refractivity contribution is 6.11. The molecule has 0 saturated heterocycles. The summed E-state index contributed by atoms with van der Waals surface area (Å²) in [4.78, 5) is 24.9. The van der Waals surface area contributed by atoms with Crippen LogP contribution < -0.4 is 0 Å².